The van der Waals surface area contributed by atoms with Crippen LogP contribution in [0.5, 0.6) is 0 Å². The topological polar surface area (TPSA) is 114 Å². The van der Waals surface area contributed by atoms with Crippen LogP contribution in [-0.4, -0.2) is 24.5 Å². The SMILES string of the molecule is O=C(NCc1nc(-c2ccccc2)no1)c1ccc(NS(=O)(=O)c2cccs2)cc1. The number of rotatable bonds is 7. The molecular weight excluding hydrogens is 424 g/mol. The van der Waals surface area contributed by atoms with Gasteiger partial charge in [0.15, 0.2) is 0 Å². The van der Waals surface area contributed by atoms with Crippen LogP contribution in [0.25, 0.3) is 11.4 Å². The largest absolute Gasteiger partial charge is 0.343 e. The van der Waals surface area contributed by atoms with E-state index in [4.69, 9.17) is 4.52 Å². The van der Waals surface area contributed by atoms with Gasteiger partial charge >= 0.3 is 0 Å². The molecule has 0 saturated heterocycles. The average molecular weight is 441 g/mol. The fourth-order valence-corrected chi connectivity index (χ4v) is 4.65. The molecule has 4 aromatic rings. The second-order valence-corrected chi connectivity index (χ2v) is 9.03. The molecular formula is C20H16N4O4S2. The lowest BCUT2D eigenvalue weighted by Gasteiger charge is -2.07. The van der Waals surface area contributed by atoms with Gasteiger partial charge in [0, 0.05) is 16.8 Å². The van der Waals surface area contributed by atoms with Gasteiger partial charge < -0.3 is 9.84 Å². The van der Waals surface area contributed by atoms with Gasteiger partial charge in [0.05, 0.1) is 6.54 Å². The third-order valence-corrected chi connectivity index (χ3v) is 6.84. The quantitative estimate of drug-likeness (QED) is 0.454. The zero-order valence-electron chi connectivity index (χ0n) is 15.5. The first-order chi connectivity index (χ1) is 14.5. The highest BCUT2D eigenvalue weighted by molar-refractivity contribution is 7.94. The Kier molecular flexibility index (Phi) is 5.59. The number of thiophene rings is 1. The molecule has 0 saturated carbocycles. The van der Waals surface area contributed by atoms with Crippen LogP contribution in [0.3, 0.4) is 0 Å². The van der Waals surface area contributed by atoms with E-state index < -0.39 is 10.0 Å². The van der Waals surface area contributed by atoms with E-state index in [2.05, 4.69) is 20.2 Å². The molecule has 0 radical (unpaired) electrons. The van der Waals surface area contributed by atoms with Gasteiger partial charge in [-0.05, 0) is 35.7 Å². The van der Waals surface area contributed by atoms with Crippen molar-refractivity contribution in [3.05, 3.63) is 83.6 Å². The Hall–Kier alpha value is -3.50. The van der Waals surface area contributed by atoms with Crippen molar-refractivity contribution in [2.45, 2.75) is 10.8 Å². The number of aromatic nitrogens is 2. The molecule has 0 fully saturated rings. The van der Waals surface area contributed by atoms with E-state index in [9.17, 15) is 13.2 Å². The Labute approximate surface area is 176 Å². The second kappa shape index (κ2) is 8.47. The highest BCUT2D eigenvalue weighted by atomic mass is 32.2. The maximum absolute atomic E-state index is 12.3. The standard InChI is InChI=1S/C20H16N4O4S2/c25-20(21-13-17-22-19(23-28-17)14-5-2-1-3-6-14)15-8-10-16(11-9-15)24-30(26,27)18-7-4-12-29-18/h1-12,24H,13H2,(H,21,25). The zero-order valence-corrected chi connectivity index (χ0v) is 17.1. The van der Waals surface area contributed by atoms with E-state index in [1.54, 1.807) is 11.4 Å². The van der Waals surface area contributed by atoms with E-state index in [1.807, 2.05) is 30.3 Å². The molecule has 2 aromatic heterocycles. The average Bonchev–Trinajstić information content (AvgIpc) is 3.46. The van der Waals surface area contributed by atoms with Crippen LogP contribution in [0.15, 0.2) is 80.8 Å². The van der Waals surface area contributed by atoms with Crippen molar-refractivity contribution in [2.75, 3.05) is 4.72 Å². The second-order valence-electron chi connectivity index (χ2n) is 6.18. The van der Waals surface area contributed by atoms with E-state index in [1.165, 1.54) is 30.3 Å². The van der Waals surface area contributed by atoms with Crippen molar-refractivity contribution in [3.63, 3.8) is 0 Å². The van der Waals surface area contributed by atoms with Crippen LogP contribution in [0.1, 0.15) is 16.2 Å². The summed E-state index contributed by atoms with van der Waals surface area (Å²) >= 11 is 1.13. The molecule has 0 aliphatic rings. The number of nitrogens with one attached hydrogen (secondary N) is 2. The van der Waals surface area contributed by atoms with Crippen molar-refractivity contribution in [1.82, 2.24) is 15.5 Å². The number of hydrogen-bond acceptors (Lipinski definition) is 7. The maximum Gasteiger partial charge on any atom is 0.271 e. The fourth-order valence-electron chi connectivity index (χ4n) is 2.60. The lowest BCUT2D eigenvalue weighted by molar-refractivity contribution is 0.0946. The van der Waals surface area contributed by atoms with Gasteiger partial charge in [0.1, 0.15) is 4.21 Å². The monoisotopic (exact) mass is 440 g/mol. The number of hydrogen-bond donors (Lipinski definition) is 2. The van der Waals surface area contributed by atoms with Crippen LogP contribution < -0.4 is 10.0 Å². The number of sulfonamides is 1. The predicted molar refractivity (Wildman–Crippen MR) is 112 cm³/mol. The summed E-state index contributed by atoms with van der Waals surface area (Å²) in [6.07, 6.45) is 0. The normalized spacial score (nSPS) is 11.2. The van der Waals surface area contributed by atoms with Crippen molar-refractivity contribution >= 4 is 33.0 Å². The van der Waals surface area contributed by atoms with Gasteiger partial charge in [-0.3, -0.25) is 9.52 Å². The molecule has 0 atom stereocenters. The molecule has 10 heteroatoms. The molecule has 2 aromatic carbocycles. The molecule has 0 unspecified atom stereocenters. The molecule has 0 aliphatic heterocycles. The first-order valence-electron chi connectivity index (χ1n) is 8.84. The number of carbonyl (C=O) groups is 1. The van der Waals surface area contributed by atoms with Crippen molar-refractivity contribution < 1.29 is 17.7 Å². The summed E-state index contributed by atoms with van der Waals surface area (Å²) in [5.74, 6) is 0.381. The molecule has 152 valence electrons. The smallest absolute Gasteiger partial charge is 0.271 e. The molecule has 1 amide bonds. The van der Waals surface area contributed by atoms with Gasteiger partial charge in [-0.1, -0.05) is 41.6 Å². The number of carbonyl (C=O) groups excluding carboxylic acids is 1. The summed E-state index contributed by atoms with van der Waals surface area (Å²) in [6, 6.07) is 18.7. The van der Waals surface area contributed by atoms with Gasteiger partial charge in [0.25, 0.3) is 15.9 Å². The summed E-state index contributed by atoms with van der Waals surface area (Å²) in [5, 5.41) is 8.29. The van der Waals surface area contributed by atoms with Crippen molar-refractivity contribution in [2.24, 2.45) is 0 Å². The van der Waals surface area contributed by atoms with Crippen LogP contribution in [0, 0.1) is 0 Å². The summed E-state index contributed by atoms with van der Waals surface area (Å²) in [5.41, 5.74) is 1.56. The minimum Gasteiger partial charge on any atom is -0.343 e. The van der Waals surface area contributed by atoms with Gasteiger partial charge in [-0.25, -0.2) is 8.42 Å². The molecule has 30 heavy (non-hydrogen) atoms. The fraction of sp³-hybridized carbons (Fsp3) is 0.0500. The Morgan fingerprint density at radius 2 is 1.77 bits per heavy atom. The van der Waals surface area contributed by atoms with Crippen LogP contribution in [0.4, 0.5) is 5.69 Å². The number of benzene rings is 2. The number of amides is 1. The highest BCUT2D eigenvalue weighted by Crippen LogP contribution is 2.20. The first-order valence-corrected chi connectivity index (χ1v) is 11.2. The highest BCUT2D eigenvalue weighted by Gasteiger charge is 2.16. The Morgan fingerprint density at radius 1 is 1.00 bits per heavy atom. The van der Waals surface area contributed by atoms with Crippen LogP contribution in [0.2, 0.25) is 0 Å². The minimum atomic E-state index is -3.63. The van der Waals surface area contributed by atoms with Crippen molar-refractivity contribution in [1.29, 1.82) is 0 Å². The first kappa shape index (κ1) is 19.8. The summed E-state index contributed by atoms with van der Waals surface area (Å²) in [4.78, 5) is 16.6. The summed E-state index contributed by atoms with van der Waals surface area (Å²) < 4.78 is 32.3. The summed E-state index contributed by atoms with van der Waals surface area (Å²) in [7, 11) is -3.63. The molecule has 0 spiro atoms. The predicted octanol–water partition coefficient (Wildman–Crippen LogP) is 3.53. The van der Waals surface area contributed by atoms with E-state index in [0.717, 1.165) is 16.9 Å². The van der Waals surface area contributed by atoms with Gasteiger partial charge in [0.2, 0.25) is 11.7 Å². The molecule has 2 N–H and O–H groups in total. The van der Waals surface area contributed by atoms with Gasteiger partial charge in [-0.15, -0.1) is 11.3 Å². The zero-order chi connectivity index (χ0) is 21.0. The molecule has 0 bridgehead atoms. The van der Waals surface area contributed by atoms with E-state index >= 15 is 0 Å². The molecule has 0 aliphatic carbocycles. The number of nitrogens with zero attached hydrogens (tertiary/aromatic N) is 2. The third kappa shape index (κ3) is 4.56. The molecule has 2 heterocycles. The lowest BCUT2D eigenvalue weighted by atomic mass is 10.2. The van der Waals surface area contributed by atoms with Crippen LogP contribution >= 0.6 is 11.3 Å². The Bertz CT molecular complexity index is 1240. The van der Waals surface area contributed by atoms with E-state index in [-0.39, 0.29) is 22.6 Å². The third-order valence-electron chi connectivity index (χ3n) is 4.06. The lowest BCUT2D eigenvalue weighted by Crippen LogP contribution is -2.23. The molecule has 8 nitrogen and oxygen atoms in total. The minimum absolute atomic E-state index is 0.0748. The van der Waals surface area contributed by atoms with Crippen LogP contribution in [-0.2, 0) is 16.6 Å². The van der Waals surface area contributed by atoms with Gasteiger partial charge in [-0.2, -0.15) is 4.98 Å². The Morgan fingerprint density at radius 3 is 2.47 bits per heavy atom. The Balaban J connectivity index is 1.36. The number of anilines is 1. The van der Waals surface area contributed by atoms with E-state index in [0.29, 0.717) is 17.1 Å². The molecule has 4 rings (SSSR count). The maximum atomic E-state index is 12.3. The van der Waals surface area contributed by atoms with Crippen molar-refractivity contribution in [3.8, 4) is 11.4 Å². The summed E-state index contributed by atoms with van der Waals surface area (Å²) in [6.45, 7) is 0.0748.